The predicted molar refractivity (Wildman–Crippen MR) is 112 cm³/mol. The number of aromatic carboxylic acids is 1. The minimum absolute atomic E-state index is 0.0212. The van der Waals surface area contributed by atoms with Gasteiger partial charge in [-0.1, -0.05) is 11.6 Å². The Morgan fingerprint density at radius 3 is 2.52 bits per heavy atom. The second-order valence-electron chi connectivity index (χ2n) is 7.53. The molecule has 1 aliphatic heterocycles. The number of rotatable bonds is 4. The van der Waals surface area contributed by atoms with Crippen molar-refractivity contribution in [2.45, 2.75) is 12.7 Å². The van der Waals surface area contributed by atoms with Crippen molar-refractivity contribution < 1.29 is 33.3 Å². The summed E-state index contributed by atoms with van der Waals surface area (Å²) in [6.45, 7) is 0.214. The van der Waals surface area contributed by atoms with Crippen molar-refractivity contribution in [3.05, 3.63) is 56.6 Å². The first-order valence-corrected chi connectivity index (χ1v) is 9.92. The fourth-order valence-corrected chi connectivity index (χ4v) is 4.29. The quantitative estimate of drug-likeness (QED) is 0.411. The van der Waals surface area contributed by atoms with Crippen LogP contribution in [0.3, 0.4) is 0 Å². The highest BCUT2D eigenvalue weighted by atomic mass is 35.5. The number of nitrogens with two attached hydrogens (primary N) is 1. The lowest BCUT2D eigenvalue weighted by Gasteiger charge is -2.23. The van der Waals surface area contributed by atoms with Crippen molar-refractivity contribution in [3.8, 4) is 5.82 Å². The van der Waals surface area contributed by atoms with Gasteiger partial charge in [0.05, 0.1) is 21.6 Å². The molecule has 9 nitrogen and oxygen atoms in total. The smallest absolute Gasteiger partial charge is 0.341 e. The number of hydrogen-bond acceptors (Lipinski definition) is 7. The van der Waals surface area contributed by atoms with Crippen LogP contribution in [0.1, 0.15) is 16.8 Å². The number of carboxylic acids is 1. The molecular formula is C20H16ClF3N4O5. The highest BCUT2D eigenvalue weighted by Crippen LogP contribution is 2.39. The third-order valence-electron chi connectivity index (χ3n) is 5.52. The molecule has 13 heteroatoms. The Morgan fingerprint density at radius 2 is 1.91 bits per heavy atom. The van der Waals surface area contributed by atoms with Crippen LogP contribution in [0, 0.1) is 23.4 Å². The van der Waals surface area contributed by atoms with Crippen LogP contribution in [0.15, 0.2) is 23.1 Å². The normalized spacial score (nSPS) is 16.2. The van der Waals surface area contributed by atoms with E-state index in [1.807, 2.05) is 0 Å². The van der Waals surface area contributed by atoms with E-state index in [9.17, 15) is 33.7 Å². The van der Waals surface area contributed by atoms with Crippen LogP contribution >= 0.6 is 11.6 Å². The van der Waals surface area contributed by atoms with Gasteiger partial charge in [-0.15, -0.1) is 0 Å². The second kappa shape index (κ2) is 8.21. The molecule has 0 saturated carbocycles. The second-order valence-corrected chi connectivity index (χ2v) is 7.91. The maximum Gasteiger partial charge on any atom is 0.341 e. The van der Waals surface area contributed by atoms with Gasteiger partial charge in [0.15, 0.2) is 29.6 Å². The predicted octanol–water partition coefficient (Wildman–Crippen LogP) is 1.87. The molecule has 174 valence electrons. The first-order valence-electron chi connectivity index (χ1n) is 9.54. The monoisotopic (exact) mass is 484 g/mol. The molecule has 3 aromatic rings. The Bertz CT molecular complexity index is 1360. The highest BCUT2D eigenvalue weighted by molar-refractivity contribution is 6.38. The molecule has 33 heavy (non-hydrogen) atoms. The lowest BCUT2D eigenvalue weighted by molar-refractivity contribution is -0.0772. The zero-order valence-corrected chi connectivity index (χ0v) is 17.4. The van der Waals surface area contributed by atoms with Crippen molar-refractivity contribution in [1.29, 1.82) is 0 Å². The number of nitrogen functional groups attached to an aromatic ring is 1. The van der Waals surface area contributed by atoms with Gasteiger partial charge in [0.1, 0.15) is 11.4 Å². The first-order chi connectivity index (χ1) is 15.5. The minimum Gasteiger partial charge on any atom is -0.477 e. The van der Waals surface area contributed by atoms with E-state index in [0.717, 1.165) is 16.8 Å². The number of carboxylic acid groups (broad SMARTS) is 1. The summed E-state index contributed by atoms with van der Waals surface area (Å²) in [5.41, 5.74) is 3.03. The Hall–Kier alpha value is -3.35. The van der Waals surface area contributed by atoms with Crippen LogP contribution in [0.2, 0.25) is 5.02 Å². The average molecular weight is 485 g/mol. The van der Waals surface area contributed by atoms with E-state index in [0.29, 0.717) is 12.5 Å². The fourth-order valence-electron chi connectivity index (χ4n) is 3.89. The van der Waals surface area contributed by atoms with Crippen molar-refractivity contribution in [3.63, 3.8) is 0 Å². The summed E-state index contributed by atoms with van der Waals surface area (Å²) < 4.78 is 44.2. The first kappa shape index (κ1) is 22.8. The number of pyridine rings is 2. The molecule has 5 N–H and O–H groups in total. The number of benzene rings is 1. The molecule has 1 fully saturated rings. The van der Waals surface area contributed by atoms with Gasteiger partial charge in [-0.2, -0.15) is 0 Å². The lowest BCUT2D eigenvalue weighted by Crippen LogP contribution is -2.27. The Labute approximate surface area is 188 Å². The van der Waals surface area contributed by atoms with Crippen LogP contribution in [0.4, 0.5) is 24.7 Å². The van der Waals surface area contributed by atoms with Gasteiger partial charge in [0.25, 0.3) is 0 Å². The summed E-state index contributed by atoms with van der Waals surface area (Å²) in [6, 6.07) is 1.18. The number of anilines is 2. The molecule has 0 aliphatic carbocycles. The SMILES string of the molecule is Nc1nc(-n2cc(C(=O)O)c(=O)c3cc(F)c(N4CCC(C(O)O)C4)c(Cl)c32)c(F)cc1F. The topological polar surface area (TPSA) is 142 Å². The summed E-state index contributed by atoms with van der Waals surface area (Å²) in [6.07, 6.45) is -0.594. The van der Waals surface area contributed by atoms with E-state index in [1.54, 1.807) is 0 Å². The van der Waals surface area contributed by atoms with Gasteiger partial charge in [-0.05, 0) is 12.5 Å². The average Bonchev–Trinajstić information content (AvgIpc) is 3.21. The Balaban J connectivity index is 2.07. The van der Waals surface area contributed by atoms with E-state index in [2.05, 4.69) is 4.98 Å². The number of carbonyl (C=O) groups is 1. The summed E-state index contributed by atoms with van der Waals surface area (Å²) in [7, 11) is 0. The van der Waals surface area contributed by atoms with Crippen molar-refractivity contribution in [2.24, 2.45) is 5.92 Å². The molecule has 1 aromatic carbocycles. The Morgan fingerprint density at radius 1 is 1.21 bits per heavy atom. The molecule has 1 aliphatic rings. The van der Waals surface area contributed by atoms with E-state index < -0.39 is 63.6 Å². The maximum atomic E-state index is 15.1. The van der Waals surface area contributed by atoms with Crippen molar-refractivity contribution in [1.82, 2.24) is 9.55 Å². The summed E-state index contributed by atoms with van der Waals surface area (Å²) in [5, 5.41) is 27.4. The molecule has 1 atom stereocenters. The number of aliphatic hydroxyl groups excluding tert-OH is 1. The molecule has 0 amide bonds. The van der Waals surface area contributed by atoms with Gasteiger partial charge < -0.3 is 26.0 Å². The molecule has 0 radical (unpaired) electrons. The zero-order chi connectivity index (χ0) is 24.2. The number of aromatic nitrogens is 2. The van der Waals surface area contributed by atoms with Crippen LogP contribution < -0.4 is 16.1 Å². The summed E-state index contributed by atoms with van der Waals surface area (Å²) >= 11 is 6.47. The van der Waals surface area contributed by atoms with E-state index in [-0.39, 0.29) is 29.3 Å². The molecular weight excluding hydrogens is 469 g/mol. The van der Waals surface area contributed by atoms with Crippen LogP contribution in [-0.2, 0) is 0 Å². The standard InChI is InChI=1S/C20H16ClF3N4O5/c21-13-14-8(3-10(22)15(13)27-2-1-7(5-27)19(30)31)16(29)9(20(32)33)6-28(14)18-12(24)4-11(23)17(25)26-18/h3-4,6-7,19,30-31H,1-2,5H2,(H2,25,26)(H,32,33). The number of aliphatic hydroxyl groups is 2. The van der Waals surface area contributed by atoms with E-state index >= 15 is 4.39 Å². The van der Waals surface area contributed by atoms with E-state index in [4.69, 9.17) is 17.3 Å². The highest BCUT2D eigenvalue weighted by Gasteiger charge is 2.32. The maximum absolute atomic E-state index is 15.1. The van der Waals surface area contributed by atoms with Crippen molar-refractivity contribution in [2.75, 3.05) is 23.7 Å². The van der Waals surface area contributed by atoms with Gasteiger partial charge in [0, 0.05) is 31.3 Å². The lowest BCUT2D eigenvalue weighted by atomic mass is 10.1. The molecule has 3 heterocycles. The van der Waals surface area contributed by atoms with Crippen LogP contribution in [0.25, 0.3) is 16.7 Å². The van der Waals surface area contributed by atoms with Crippen LogP contribution in [0.5, 0.6) is 0 Å². The van der Waals surface area contributed by atoms with E-state index in [1.165, 1.54) is 4.90 Å². The summed E-state index contributed by atoms with van der Waals surface area (Å²) in [4.78, 5) is 29.4. The fraction of sp³-hybridized carbons (Fsp3) is 0.250. The molecule has 0 spiro atoms. The number of fused-ring (bicyclic) bond motifs is 1. The third-order valence-corrected chi connectivity index (χ3v) is 5.87. The largest absolute Gasteiger partial charge is 0.477 e. The van der Waals surface area contributed by atoms with Gasteiger partial charge in [-0.25, -0.2) is 22.9 Å². The number of hydrogen-bond donors (Lipinski definition) is 4. The zero-order valence-electron chi connectivity index (χ0n) is 16.6. The summed E-state index contributed by atoms with van der Waals surface area (Å²) in [5.74, 6) is -7.01. The van der Waals surface area contributed by atoms with Crippen molar-refractivity contribution >= 4 is 40.0 Å². The van der Waals surface area contributed by atoms with Gasteiger partial charge in [0.2, 0.25) is 5.43 Å². The molecule has 1 unspecified atom stereocenters. The van der Waals surface area contributed by atoms with Crippen LogP contribution in [-0.4, -0.2) is 50.2 Å². The Kier molecular flexibility index (Phi) is 5.68. The molecule has 0 bridgehead atoms. The third kappa shape index (κ3) is 3.75. The minimum atomic E-state index is -1.67. The number of nitrogens with zero attached hydrogens (tertiary/aromatic N) is 3. The number of halogens is 4. The molecule has 4 rings (SSSR count). The van der Waals surface area contributed by atoms with Gasteiger partial charge in [-0.3, -0.25) is 9.36 Å². The molecule has 2 aromatic heterocycles. The molecule has 1 saturated heterocycles. The van der Waals surface area contributed by atoms with Gasteiger partial charge >= 0.3 is 5.97 Å².